The lowest BCUT2D eigenvalue weighted by atomic mass is 9.79. The highest BCUT2D eigenvalue weighted by atomic mass is 32.1. The lowest BCUT2D eigenvalue weighted by Gasteiger charge is -2.50. The second-order valence-corrected chi connectivity index (χ2v) is 9.08. The molecule has 2 aliphatic rings. The summed E-state index contributed by atoms with van der Waals surface area (Å²) in [4.78, 5) is 23.4. The van der Waals surface area contributed by atoms with Gasteiger partial charge >= 0.3 is 12.1 Å². The Morgan fingerprint density at radius 3 is 2.64 bits per heavy atom. The summed E-state index contributed by atoms with van der Waals surface area (Å²) in [6, 6.07) is 4.02. The van der Waals surface area contributed by atoms with Crippen LogP contribution in [0.3, 0.4) is 0 Å². The molecule has 2 fully saturated rings. The fourth-order valence-corrected chi connectivity index (χ4v) is 4.90. The number of carbonyl (C=O) groups is 2. The number of alkyl halides is 3. The quantitative estimate of drug-likeness (QED) is 0.649. The third-order valence-corrected chi connectivity index (χ3v) is 6.55. The first kappa shape index (κ1) is 25.2. The molecule has 33 heavy (non-hydrogen) atoms. The van der Waals surface area contributed by atoms with Crippen molar-refractivity contribution in [1.29, 1.82) is 0 Å². The van der Waals surface area contributed by atoms with Gasteiger partial charge < -0.3 is 15.2 Å². The lowest BCUT2D eigenvalue weighted by molar-refractivity contribution is -0.192. The number of aliphatic carboxylic acids is 1. The summed E-state index contributed by atoms with van der Waals surface area (Å²) < 4.78 is 39.8. The molecule has 1 unspecified atom stereocenters. The Labute approximate surface area is 193 Å². The molecule has 0 bridgehead atoms. The molecular weight excluding hydrogens is 461 g/mol. The number of hydrogen-bond acceptors (Lipinski definition) is 6. The Bertz CT molecular complexity index is 955. The fraction of sp³-hybridized carbons (Fsp3) is 0.571. The molecule has 2 aromatic heterocycles. The zero-order valence-electron chi connectivity index (χ0n) is 18.4. The number of carboxylic acid groups (broad SMARTS) is 1. The van der Waals surface area contributed by atoms with Gasteiger partial charge in [0.1, 0.15) is 0 Å². The molecule has 0 radical (unpaired) electrons. The highest BCUT2D eigenvalue weighted by Crippen LogP contribution is 2.42. The van der Waals surface area contributed by atoms with E-state index < -0.39 is 12.1 Å². The molecule has 12 heteroatoms. The largest absolute Gasteiger partial charge is 0.490 e. The summed E-state index contributed by atoms with van der Waals surface area (Å²) in [6.07, 6.45) is -3.01. The number of carboxylic acids is 1. The topological polar surface area (TPSA) is 96.7 Å². The Morgan fingerprint density at radius 2 is 2.09 bits per heavy atom. The number of carbonyl (C=O) groups excluding carboxylic acids is 1. The van der Waals surface area contributed by atoms with Crippen molar-refractivity contribution in [3.63, 3.8) is 0 Å². The minimum atomic E-state index is -5.08. The molecule has 2 aliphatic heterocycles. The molecule has 1 amide bonds. The van der Waals surface area contributed by atoms with Gasteiger partial charge in [-0.15, -0.1) is 0 Å². The molecule has 182 valence electrons. The Kier molecular flexibility index (Phi) is 7.80. The van der Waals surface area contributed by atoms with E-state index in [0.29, 0.717) is 12.5 Å². The van der Waals surface area contributed by atoms with Gasteiger partial charge in [0.25, 0.3) is 5.91 Å². The van der Waals surface area contributed by atoms with E-state index in [1.165, 1.54) is 5.69 Å². The van der Waals surface area contributed by atoms with Crippen LogP contribution in [0.5, 0.6) is 0 Å². The smallest absolute Gasteiger partial charge is 0.475 e. The molecule has 0 aromatic carbocycles. The molecule has 1 atom stereocenters. The van der Waals surface area contributed by atoms with E-state index in [1.807, 2.05) is 35.5 Å². The van der Waals surface area contributed by atoms with Crippen molar-refractivity contribution in [2.24, 2.45) is 13.0 Å². The molecule has 4 rings (SSSR count). The minimum Gasteiger partial charge on any atom is -0.475 e. The zero-order chi connectivity index (χ0) is 24.2. The molecule has 0 saturated carbocycles. The first-order valence-electron chi connectivity index (χ1n) is 10.5. The number of nitrogens with one attached hydrogen (secondary N) is 1. The number of rotatable bonds is 6. The summed E-state index contributed by atoms with van der Waals surface area (Å²) in [5.41, 5.74) is 3.05. The molecule has 2 N–H and O–H groups in total. The summed E-state index contributed by atoms with van der Waals surface area (Å²) in [5, 5.41) is 18.4. The Balaban J connectivity index is 0.000000383. The number of hydrogen-bond donors (Lipinski definition) is 2. The number of ether oxygens (including phenoxy) is 1. The second kappa shape index (κ2) is 10.2. The van der Waals surface area contributed by atoms with Gasteiger partial charge in [0.2, 0.25) is 0 Å². The van der Waals surface area contributed by atoms with Gasteiger partial charge in [0.05, 0.1) is 17.0 Å². The van der Waals surface area contributed by atoms with E-state index in [2.05, 4.69) is 21.4 Å². The molecular formula is C21H27F3N4O4S. The Morgan fingerprint density at radius 1 is 1.39 bits per heavy atom. The van der Waals surface area contributed by atoms with Crippen molar-refractivity contribution >= 4 is 23.2 Å². The van der Waals surface area contributed by atoms with Crippen LogP contribution >= 0.6 is 11.3 Å². The van der Waals surface area contributed by atoms with Crippen LogP contribution in [0.25, 0.3) is 0 Å². The van der Waals surface area contributed by atoms with Crippen LogP contribution in [-0.2, 0) is 23.1 Å². The van der Waals surface area contributed by atoms with Crippen LogP contribution in [0.1, 0.15) is 34.6 Å². The number of amides is 1. The van der Waals surface area contributed by atoms with Gasteiger partial charge in [0, 0.05) is 50.8 Å². The van der Waals surface area contributed by atoms with Crippen molar-refractivity contribution in [1.82, 2.24) is 20.0 Å². The van der Waals surface area contributed by atoms with Crippen molar-refractivity contribution in [3.8, 4) is 0 Å². The maximum atomic E-state index is 12.1. The number of aryl methyl sites for hydroxylation is 2. The summed E-state index contributed by atoms with van der Waals surface area (Å²) in [6.45, 7) is 6.44. The van der Waals surface area contributed by atoms with E-state index in [4.69, 9.17) is 14.6 Å². The van der Waals surface area contributed by atoms with Crippen molar-refractivity contribution in [2.45, 2.75) is 38.1 Å². The number of likely N-dealkylation sites (tertiary alicyclic amines) is 1. The minimum absolute atomic E-state index is 0.0131. The van der Waals surface area contributed by atoms with Gasteiger partial charge in [-0.3, -0.25) is 14.4 Å². The van der Waals surface area contributed by atoms with E-state index in [0.717, 1.165) is 50.3 Å². The lowest BCUT2D eigenvalue weighted by Crippen LogP contribution is -2.64. The molecule has 0 aliphatic carbocycles. The summed E-state index contributed by atoms with van der Waals surface area (Å²) in [5.74, 6) is -2.21. The highest BCUT2D eigenvalue weighted by molar-refractivity contribution is 7.08. The van der Waals surface area contributed by atoms with Gasteiger partial charge in [-0.1, -0.05) is 0 Å². The number of halogens is 3. The monoisotopic (exact) mass is 488 g/mol. The predicted octanol–water partition coefficient (Wildman–Crippen LogP) is 2.83. The van der Waals surface area contributed by atoms with Crippen molar-refractivity contribution < 1.29 is 32.6 Å². The van der Waals surface area contributed by atoms with Crippen LogP contribution in [0, 0.1) is 12.8 Å². The zero-order valence-corrected chi connectivity index (χ0v) is 19.2. The molecule has 2 aromatic rings. The fourth-order valence-electron chi connectivity index (χ4n) is 4.26. The van der Waals surface area contributed by atoms with E-state index >= 15 is 0 Å². The van der Waals surface area contributed by atoms with Gasteiger partial charge in [0.15, 0.2) is 0 Å². The third-order valence-electron chi connectivity index (χ3n) is 5.87. The average Bonchev–Trinajstić information content (AvgIpc) is 3.42. The third kappa shape index (κ3) is 6.33. The SMILES string of the molecule is Cc1cc(CN2CC3(C2)OCCC3CCNC(=O)c2ccsc2)n(C)n1.O=C(O)C(F)(F)F. The maximum absolute atomic E-state index is 12.1. The van der Waals surface area contributed by atoms with Gasteiger partial charge in [-0.2, -0.15) is 29.6 Å². The number of nitrogens with zero attached hydrogens (tertiary/aromatic N) is 3. The van der Waals surface area contributed by atoms with E-state index in [9.17, 15) is 18.0 Å². The highest BCUT2D eigenvalue weighted by Gasteiger charge is 2.52. The maximum Gasteiger partial charge on any atom is 0.490 e. The number of thiophene rings is 1. The number of aromatic nitrogens is 2. The first-order valence-corrected chi connectivity index (χ1v) is 11.4. The standard InChI is InChI=1S/C19H26N4O2S.C2HF3O2/c1-14-9-17(22(2)21-14)10-23-12-19(13-23)16(4-7-25-19)3-6-20-18(24)15-5-8-26-11-15;3-2(4,5)1(6)7/h5,8-9,11,16H,3-4,6-7,10,12-13H2,1-2H3,(H,20,24);(H,6,7). The van der Waals surface area contributed by atoms with Gasteiger partial charge in [-0.25, -0.2) is 4.79 Å². The van der Waals surface area contributed by atoms with Crippen LogP contribution in [0.15, 0.2) is 22.9 Å². The first-order chi connectivity index (χ1) is 15.5. The van der Waals surface area contributed by atoms with Crippen molar-refractivity contribution in [3.05, 3.63) is 39.8 Å². The molecule has 4 heterocycles. The Hall–Kier alpha value is -2.44. The molecule has 1 spiro atoms. The second-order valence-electron chi connectivity index (χ2n) is 8.30. The molecule has 8 nitrogen and oxygen atoms in total. The van der Waals surface area contributed by atoms with Crippen LogP contribution in [0.2, 0.25) is 0 Å². The van der Waals surface area contributed by atoms with Gasteiger partial charge in [-0.05, 0) is 43.2 Å². The van der Waals surface area contributed by atoms with Crippen molar-refractivity contribution in [2.75, 3.05) is 26.2 Å². The average molecular weight is 489 g/mol. The normalized spacial score (nSPS) is 19.6. The summed E-state index contributed by atoms with van der Waals surface area (Å²) in [7, 11) is 2.00. The predicted molar refractivity (Wildman–Crippen MR) is 115 cm³/mol. The molecule has 2 saturated heterocycles. The van der Waals surface area contributed by atoms with E-state index in [-0.39, 0.29) is 11.5 Å². The van der Waals surface area contributed by atoms with E-state index in [1.54, 1.807) is 11.3 Å². The summed E-state index contributed by atoms with van der Waals surface area (Å²) >= 11 is 1.55. The van der Waals surface area contributed by atoms with Crippen LogP contribution in [0.4, 0.5) is 13.2 Å². The van der Waals surface area contributed by atoms with Crippen LogP contribution in [-0.4, -0.2) is 69.7 Å². The van der Waals surface area contributed by atoms with Crippen LogP contribution < -0.4 is 5.32 Å².